The standard InChI is InChI=1S/C11H19N3O4/c1-7(9(15)12-2)4-13(3)11(18)14-5-8(6-14)10(16)17/h7-8H,4-6H2,1-3H3,(H,12,15)(H,16,17). The predicted molar refractivity (Wildman–Crippen MR) is 64.0 cm³/mol. The first-order valence-corrected chi connectivity index (χ1v) is 5.81. The molecular weight excluding hydrogens is 238 g/mol. The van der Waals surface area contributed by atoms with Gasteiger partial charge in [-0.3, -0.25) is 9.59 Å². The average molecular weight is 257 g/mol. The summed E-state index contributed by atoms with van der Waals surface area (Å²) in [5, 5.41) is 11.2. The zero-order chi connectivity index (χ0) is 13.9. The number of hydrogen-bond acceptors (Lipinski definition) is 3. The molecule has 1 fully saturated rings. The highest BCUT2D eigenvalue weighted by molar-refractivity contribution is 5.81. The van der Waals surface area contributed by atoms with E-state index in [4.69, 9.17) is 5.11 Å². The maximum Gasteiger partial charge on any atom is 0.319 e. The number of rotatable bonds is 4. The molecule has 0 aliphatic carbocycles. The molecule has 7 heteroatoms. The van der Waals surface area contributed by atoms with E-state index in [1.807, 2.05) is 0 Å². The second-order valence-corrected chi connectivity index (χ2v) is 4.62. The number of carbonyl (C=O) groups excluding carboxylic acids is 2. The molecule has 1 unspecified atom stereocenters. The first-order valence-electron chi connectivity index (χ1n) is 5.81. The Labute approximate surface area is 106 Å². The Morgan fingerprint density at radius 2 is 2.00 bits per heavy atom. The SMILES string of the molecule is CNC(=O)C(C)CN(C)C(=O)N1CC(C(=O)O)C1. The van der Waals surface area contributed by atoms with Gasteiger partial charge in [-0.15, -0.1) is 0 Å². The van der Waals surface area contributed by atoms with Gasteiger partial charge in [0.1, 0.15) is 0 Å². The van der Waals surface area contributed by atoms with Crippen LogP contribution in [-0.4, -0.2) is 66.5 Å². The third kappa shape index (κ3) is 3.12. The van der Waals surface area contributed by atoms with Gasteiger partial charge in [0.05, 0.1) is 11.8 Å². The van der Waals surface area contributed by atoms with E-state index in [1.54, 1.807) is 21.0 Å². The second kappa shape index (κ2) is 5.70. The predicted octanol–water partition coefficient (Wildman–Crippen LogP) is -0.563. The lowest BCUT2D eigenvalue weighted by molar-refractivity contribution is -0.146. The number of nitrogens with zero attached hydrogens (tertiary/aromatic N) is 2. The second-order valence-electron chi connectivity index (χ2n) is 4.62. The minimum Gasteiger partial charge on any atom is -0.481 e. The van der Waals surface area contributed by atoms with Gasteiger partial charge in [0, 0.05) is 33.7 Å². The van der Waals surface area contributed by atoms with Gasteiger partial charge in [-0.05, 0) is 0 Å². The summed E-state index contributed by atoms with van der Waals surface area (Å²) in [6.45, 7) is 2.53. The van der Waals surface area contributed by atoms with Gasteiger partial charge in [0.2, 0.25) is 5.91 Å². The van der Waals surface area contributed by atoms with E-state index in [1.165, 1.54) is 9.80 Å². The molecule has 0 spiro atoms. The molecule has 102 valence electrons. The van der Waals surface area contributed by atoms with E-state index in [2.05, 4.69) is 5.32 Å². The molecule has 1 saturated heterocycles. The van der Waals surface area contributed by atoms with Gasteiger partial charge in [-0.25, -0.2) is 4.79 Å². The van der Waals surface area contributed by atoms with Gasteiger partial charge in [0.15, 0.2) is 0 Å². The highest BCUT2D eigenvalue weighted by atomic mass is 16.4. The minimum absolute atomic E-state index is 0.123. The summed E-state index contributed by atoms with van der Waals surface area (Å²) in [5.74, 6) is -1.75. The summed E-state index contributed by atoms with van der Waals surface area (Å²) >= 11 is 0. The van der Waals surface area contributed by atoms with E-state index < -0.39 is 11.9 Å². The summed E-state index contributed by atoms with van der Waals surface area (Å²) in [5.41, 5.74) is 0. The van der Waals surface area contributed by atoms with Crippen molar-refractivity contribution in [3.05, 3.63) is 0 Å². The number of carboxylic acids is 1. The number of aliphatic carboxylic acids is 1. The maximum atomic E-state index is 11.9. The third-order valence-electron chi connectivity index (χ3n) is 3.07. The van der Waals surface area contributed by atoms with Gasteiger partial charge in [-0.2, -0.15) is 0 Å². The Kier molecular flexibility index (Phi) is 4.52. The molecule has 1 aliphatic rings. The van der Waals surface area contributed by atoms with Crippen LogP contribution in [0.15, 0.2) is 0 Å². The number of carboxylic acid groups (broad SMARTS) is 1. The molecule has 0 aromatic heterocycles. The highest BCUT2D eigenvalue weighted by Gasteiger charge is 2.37. The molecule has 1 aliphatic heterocycles. The van der Waals surface area contributed by atoms with Crippen molar-refractivity contribution >= 4 is 17.9 Å². The molecule has 18 heavy (non-hydrogen) atoms. The summed E-state index contributed by atoms with van der Waals surface area (Å²) < 4.78 is 0. The lowest BCUT2D eigenvalue weighted by atomic mass is 10.0. The van der Waals surface area contributed by atoms with Crippen LogP contribution in [0.4, 0.5) is 4.79 Å². The van der Waals surface area contributed by atoms with E-state index in [0.717, 1.165) is 0 Å². The Hall–Kier alpha value is -1.79. The summed E-state index contributed by atoms with van der Waals surface area (Å²) in [4.78, 5) is 36.7. The zero-order valence-corrected chi connectivity index (χ0v) is 10.8. The highest BCUT2D eigenvalue weighted by Crippen LogP contribution is 2.17. The molecule has 7 nitrogen and oxygen atoms in total. The van der Waals surface area contributed by atoms with Crippen LogP contribution in [0.1, 0.15) is 6.92 Å². The first kappa shape index (κ1) is 14.3. The monoisotopic (exact) mass is 257 g/mol. The van der Waals surface area contributed by atoms with Crippen molar-refractivity contribution < 1.29 is 19.5 Å². The molecule has 1 heterocycles. The minimum atomic E-state index is -0.875. The number of nitrogens with one attached hydrogen (secondary N) is 1. The quantitative estimate of drug-likeness (QED) is 0.706. The van der Waals surface area contributed by atoms with Crippen LogP contribution in [-0.2, 0) is 9.59 Å². The van der Waals surface area contributed by atoms with Crippen molar-refractivity contribution in [3.8, 4) is 0 Å². The van der Waals surface area contributed by atoms with E-state index in [0.29, 0.717) is 6.54 Å². The number of likely N-dealkylation sites (tertiary alicyclic amines) is 1. The average Bonchev–Trinajstić information content (AvgIpc) is 2.24. The van der Waals surface area contributed by atoms with Crippen molar-refractivity contribution in [1.29, 1.82) is 0 Å². The molecule has 1 rings (SSSR count). The van der Waals surface area contributed by atoms with Gasteiger partial charge >= 0.3 is 12.0 Å². The van der Waals surface area contributed by atoms with Crippen LogP contribution < -0.4 is 5.32 Å². The number of amides is 3. The van der Waals surface area contributed by atoms with Crippen molar-refractivity contribution in [1.82, 2.24) is 15.1 Å². The first-order chi connectivity index (χ1) is 8.36. The Bertz CT molecular complexity index is 352. The molecule has 0 bridgehead atoms. The molecule has 3 amide bonds. The number of hydrogen-bond donors (Lipinski definition) is 2. The van der Waals surface area contributed by atoms with Crippen LogP contribution >= 0.6 is 0 Å². The Morgan fingerprint density at radius 3 is 2.44 bits per heavy atom. The molecule has 0 radical (unpaired) electrons. The van der Waals surface area contributed by atoms with Crippen LogP contribution in [0.2, 0.25) is 0 Å². The lowest BCUT2D eigenvalue weighted by Gasteiger charge is -2.39. The van der Waals surface area contributed by atoms with Gasteiger partial charge < -0.3 is 20.2 Å². The van der Waals surface area contributed by atoms with E-state index in [-0.39, 0.29) is 30.9 Å². The van der Waals surface area contributed by atoms with Crippen molar-refractivity contribution in [2.24, 2.45) is 11.8 Å². The lowest BCUT2D eigenvalue weighted by Crippen LogP contribution is -2.57. The Balaban J connectivity index is 2.39. The fourth-order valence-corrected chi connectivity index (χ4v) is 1.85. The fraction of sp³-hybridized carbons (Fsp3) is 0.727. The third-order valence-corrected chi connectivity index (χ3v) is 3.07. The van der Waals surface area contributed by atoms with Crippen LogP contribution in [0, 0.1) is 11.8 Å². The Morgan fingerprint density at radius 1 is 1.44 bits per heavy atom. The topological polar surface area (TPSA) is 90.0 Å². The molecular formula is C11H19N3O4. The smallest absolute Gasteiger partial charge is 0.319 e. The normalized spacial score (nSPS) is 16.7. The van der Waals surface area contributed by atoms with E-state index >= 15 is 0 Å². The largest absolute Gasteiger partial charge is 0.481 e. The van der Waals surface area contributed by atoms with Crippen molar-refractivity contribution in [2.45, 2.75) is 6.92 Å². The van der Waals surface area contributed by atoms with E-state index in [9.17, 15) is 14.4 Å². The number of urea groups is 1. The van der Waals surface area contributed by atoms with Gasteiger partial charge in [0.25, 0.3) is 0 Å². The summed E-state index contributed by atoms with van der Waals surface area (Å²) in [6.07, 6.45) is 0. The van der Waals surface area contributed by atoms with Gasteiger partial charge in [-0.1, -0.05) is 6.92 Å². The fourth-order valence-electron chi connectivity index (χ4n) is 1.85. The molecule has 2 N–H and O–H groups in total. The van der Waals surface area contributed by atoms with Crippen LogP contribution in [0.25, 0.3) is 0 Å². The summed E-state index contributed by atoms with van der Waals surface area (Å²) in [7, 11) is 3.16. The molecule has 1 atom stereocenters. The summed E-state index contributed by atoms with van der Waals surface area (Å²) in [6, 6.07) is -0.233. The molecule has 0 aromatic rings. The maximum absolute atomic E-state index is 11.9. The van der Waals surface area contributed by atoms with Crippen LogP contribution in [0.3, 0.4) is 0 Å². The zero-order valence-electron chi connectivity index (χ0n) is 10.8. The molecule has 0 aromatic carbocycles. The molecule has 0 saturated carbocycles. The number of carbonyl (C=O) groups is 3. The van der Waals surface area contributed by atoms with Crippen molar-refractivity contribution in [3.63, 3.8) is 0 Å². The van der Waals surface area contributed by atoms with Crippen molar-refractivity contribution in [2.75, 3.05) is 33.7 Å². The van der Waals surface area contributed by atoms with Crippen LogP contribution in [0.5, 0.6) is 0 Å².